The standard InChI is InChI=1S/C41H68O13/c1-20(2)10-9-13-41(8,54-36-33(50)31(48)30(47)25(53-36)19-52-35-32(49)29(46)24(44)18-51-35)21-11-15-39(6)28(21)22(42)16-26-38(5)14-12-27(45)37(3,4)34(38)23(43)17-40(26,39)7/h10,21,23-36,43-50H,9,11-19H2,1-8H3/t21-,23+,24+,25-,26+,27+,28-,29+,30-,31+,32-,33-,34+,35+,36+,38-,39-,40-,41+/m1/s1. The third-order valence-electron chi connectivity index (χ3n) is 15.9. The van der Waals surface area contributed by atoms with E-state index in [0.29, 0.717) is 38.5 Å². The van der Waals surface area contributed by atoms with Crippen LogP contribution in [0.3, 0.4) is 0 Å². The van der Waals surface area contributed by atoms with E-state index in [-0.39, 0.29) is 41.0 Å². The molecule has 6 aliphatic rings. The summed E-state index contributed by atoms with van der Waals surface area (Å²) in [6.07, 6.45) is -7.57. The minimum Gasteiger partial charge on any atom is -0.393 e. The summed E-state index contributed by atoms with van der Waals surface area (Å²) in [5, 5.41) is 86.6. The first kappa shape index (κ1) is 42.5. The third kappa shape index (κ3) is 6.77. The zero-order valence-electron chi connectivity index (χ0n) is 33.4. The highest BCUT2D eigenvalue weighted by molar-refractivity contribution is 5.84. The molecule has 4 aliphatic carbocycles. The number of ether oxygens (including phenoxy) is 4. The maximum Gasteiger partial charge on any atom is 0.187 e. The Kier molecular flexibility index (Phi) is 11.8. The molecule has 8 N–H and O–H groups in total. The normalized spacial score (nSPS) is 51.4. The summed E-state index contributed by atoms with van der Waals surface area (Å²) in [6, 6.07) is 0. The Bertz CT molecular complexity index is 1400. The molecule has 4 saturated carbocycles. The quantitative estimate of drug-likeness (QED) is 0.158. The summed E-state index contributed by atoms with van der Waals surface area (Å²) < 4.78 is 23.9. The van der Waals surface area contributed by atoms with Crippen LogP contribution >= 0.6 is 0 Å². The van der Waals surface area contributed by atoms with Gasteiger partial charge in [0.25, 0.3) is 0 Å². The van der Waals surface area contributed by atoms with E-state index in [1.807, 2.05) is 20.8 Å². The summed E-state index contributed by atoms with van der Waals surface area (Å²) in [4.78, 5) is 14.8. The zero-order valence-corrected chi connectivity index (χ0v) is 33.4. The Hall–Kier alpha value is -1.07. The van der Waals surface area contributed by atoms with Crippen LogP contribution < -0.4 is 0 Å². The number of ketones is 1. The molecule has 19 atom stereocenters. The lowest BCUT2D eigenvalue weighted by atomic mass is 9.34. The van der Waals surface area contributed by atoms with Crippen LogP contribution in [-0.2, 0) is 23.7 Å². The van der Waals surface area contributed by atoms with E-state index in [0.717, 1.165) is 18.4 Å². The molecule has 0 aromatic carbocycles. The lowest BCUT2D eigenvalue weighted by Crippen LogP contribution is -2.69. The lowest BCUT2D eigenvalue weighted by molar-refractivity contribution is -0.344. The second-order valence-corrected chi connectivity index (χ2v) is 19.7. The van der Waals surface area contributed by atoms with Crippen LogP contribution in [0.5, 0.6) is 0 Å². The number of carbonyl (C=O) groups is 1. The molecule has 13 heteroatoms. The molecule has 0 aromatic rings. The van der Waals surface area contributed by atoms with Gasteiger partial charge in [0.05, 0.1) is 31.0 Å². The van der Waals surface area contributed by atoms with Crippen molar-refractivity contribution >= 4 is 5.78 Å². The lowest BCUT2D eigenvalue weighted by Gasteiger charge is -2.70. The highest BCUT2D eigenvalue weighted by Gasteiger charge is 2.73. The maximum atomic E-state index is 14.8. The number of rotatable bonds is 9. The second-order valence-electron chi connectivity index (χ2n) is 19.7. The first-order valence-electron chi connectivity index (χ1n) is 20.2. The van der Waals surface area contributed by atoms with Crippen LogP contribution in [0.15, 0.2) is 11.6 Å². The average molecular weight is 769 g/mol. The van der Waals surface area contributed by atoms with Gasteiger partial charge in [-0.3, -0.25) is 4.79 Å². The van der Waals surface area contributed by atoms with E-state index in [9.17, 15) is 45.6 Å². The molecule has 2 aliphatic heterocycles. The Morgan fingerprint density at radius 3 is 2.19 bits per heavy atom. The van der Waals surface area contributed by atoms with Crippen molar-refractivity contribution in [3.8, 4) is 0 Å². The van der Waals surface area contributed by atoms with Gasteiger partial charge in [0, 0.05) is 12.3 Å². The zero-order chi connectivity index (χ0) is 39.9. The number of hydrogen-bond acceptors (Lipinski definition) is 13. The van der Waals surface area contributed by atoms with Crippen molar-refractivity contribution in [3.05, 3.63) is 11.6 Å². The maximum absolute atomic E-state index is 14.8. The summed E-state index contributed by atoms with van der Waals surface area (Å²) in [5.41, 5.74) is -1.63. The predicted molar refractivity (Wildman–Crippen MR) is 195 cm³/mol. The summed E-state index contributed by atoms with van der Waals surface area (Å²) in [6.45, 7) is 16.1. The summed E-state index contributed by atoms with van der Waals surface area (Å²) in [5.74, 6) is -0.661. The average Bonchev–Trinajstić information content (AvgIpc) is 3.47. The molecule has 0 amide bonds. The Labute approximate surface area is 320 Å². The van der Waals surface area contributed by atoms with Gasteiger partial charge in [-0.25, -0.2) is 0 Å². The van der Waals surface area contributed by atoms with Gasteiger partial charge >= 0.3 is 0 Å². The molecule has 0 unspecified atom stereocenters. The SMILES string of the molecule is CC(C)=CCC[C@](C)(O[C@@H]1O[C@H](CO[C@@H]2OC[C@H](O)[C@H](O)[C@H]2O)[C@@H](O)[C@H](O)[C@H]1O)[C@@H]1CC[C@]2(C)[C@H]1C(=O)C[C@H]1[C@@]3(C)CC[C@H](O)C(C)(C)[C@@H]3[C@@H](O)C[C@]12C. The number of fused-ring (bicyclic) bond motifs is 5. The molecule has 310 valence electrons. The van der Waals surface area contributed by atoms with Crippen LogP contribution in [0.4, 0.5) is 0 Å². The van der Waals surface area contributed by atoms with Crippen LogP contribution in [-0.4, -0.2) is 133 Å². The molecular formula is C41H68O13. The summed E-state index contributed by atoms with van der Waals surface area (Å²) in [7, 11) is 0. The van der Waals surface area contributed by atoms with Gasteiger partial charge in [0.15, 0.2) is 12.6 Å². The van der Waals surface area contributed by atoms with E-state index >= 15 is 0 Å². The number of allylic oxidation sites excluding steroid dienone is 2. The molecule has 0 aromatic heterocycles. The van der Waals surface area contributed by atoms with Crippen LogP contribution in [0.1, 0.15) is 107 Å². The number of carbonyl (C=O) groups excluding carboxylic acids is 1. The van der Waals surface area contributed by atoms with Gasteiger partial charge in [0.1, 0.15) is 48.5 Å². The predicted octanol–water partition coefficient (Wildman–Crippen LogP) is 1.97. The highest BCUT2D eigenvalue weighted by Crippen LogP contribution is 2.75. The molecule has 54 heavy (non-hydrogen) atoms. The van der Waals surface area contributed by atoms with E-state index < -0.39 is 96.5 Å². The summed E-state index contributed by atoms with van der Waals surface area (Å²) >= 11 is 0. The van der Waals surface area contributed by atoms with Crippen molar-refractivity contribution in [3.63, 3.8) is 0 Å². The Morgan fingerprint density at radius 2 is 1.52 bits per heavy atom. The van der Waals surface area contributed by atoms with E-state index in [2.05, 4.69) is 40.7 Å². The van der Waals surface area contributed by atoms with Gasteiger partial charge in [0.2, 0.25) is 0 Å². The van der Waals surface area contributed by atoms with E-state index in [1.165, 1.54) is 0 Å². The molecular weight excluding hydrogens is 700 g/mol. The number of aliphatic hydroxyl groups is 8. The molecule has 6 rings (SSSR count). The second kappa shape index (κ2) is 14.9. The first-order chi connectivity index (χ1) is 25.0. The molecule has 2 saturated heterocycles. The van der Waals surface area contributed by atoms with Gasteiger partial charge in [-0.2, -0.15) is 0 Å². The van der Waals surface area contributed by atoms with Crippen molar-refractivity contribution in [2.75, 3.05) is 13.2 Å². The topological polar surface area (TPSA) is 216 Å². The molecule has 2 heterocycles. The monoisotopic (exact) mass is 768 g/mol. The fraction of sp³-hybridized carbons (Fsp3) is 0.927. The van der Waals surface area contributed by atoms with Gasteiger partial charge < -0.3 is 59.8 Å². The van der Waals surface area contributed by atoms with Crippen molar-refractivity contribution in [1.29, 1.82) is 0 Å². The fourth-order valence-electron chi connectivity index (χ4n) is 12.8. The Balaban J connectivity index is 1.28. The molecule has 0 radical (unpaired) electrons. The number of hydrogen-bond donors (Lipinski definition) is 8. The first-order valence-corrected chi connectivity index (χ1v) is 20.2. The van der Waals surface area contributed by atoms with Crippen molar-refractivity contribution < 1.29 is 64.6 Å². The van der Waals surface area contributed by atoms with Crippen LogP contribution in [0.2, 0.25) is 0 Å². The molecule has 0 bridgehead atoms. The largest absolute Gasteiger partial charge is 0.393 e. The van der Waals surface area contributed by atoms with Crippen LogP contribution in [0, 0.1) is 45.3 Å². The van der Waals surface area contributed by atoms with Gasteiger partial charge in [-0.05, 0) is 105 Å². The van der Waals surface area contributed by atoms with Crippen molar-refractivity contribution in [1.82, 2.24) is 0 Å². The van der Waals surface area contributed by atoms with Gasteiger partial charge in [-0.1, -0.05) is 46.3 Å². The minimum absolute atomic E-state index is 0.0208. The highest BCUT2D eigenvalue weighted by atomic mass is 16.7. The van der Waals surface area contributed by atoms with Crippen molar-refractivity contribution in [2.24, 2.45) is 45.3 Å². The van der Waals surface area contributed by atoms with E-state index in [4.69, 9.17) is 18.9 Å². The van der Waals surface area contributed by atoms with Gasteiger partial charge in [-0.15, -0.1) is 0 Å². The fourth-order valence-corrected chi connectivity index (χ4v) is 12.8. The smallest absolute Gasteiger partial charge is 0.187 e. The number of aliphatic hydroxyl groups excluding tert-OH is 8. The third-order valence-corrected chi connectivity index (χ3v) is 15.9. The van der Waals surface area contributed by atoms with E-state index in [1.54, 1.807) is 0 Å². The molecule has 0 spiro atoms. The number of Topliss-reactive ketones (excluding diaryl/α,β-unsaturated/α-hetero) is 1. The van der Waals surface area contributed by atoms with Crippen molar-refractivity contribution in [2.45, 2.75) is 180 Å². The Morgan fingerprint density at radius 1 is 0.852 bits per heavy atom. The van der Waals surface area contributed by atoms with Crippen LogP contribution in [0.25, 0.3) is 0 Å². The molecule has 6 fully saturated rings. The minimum atomic E-state index is -1.68. The molecule has 13 nitrogen and oxygen atoms in total.